The second kappa shape index (κ2) is 11.5. The Morgan fingerprint density at radius 3 is 2.30 bits per heavy atom. The van der Waals surface area contributed by atoms with Crippen LogP contribution >= 0.6 is 0 Å². The molecule has 2 aromatic carbocycles. The van der Waals surface area contributed by atoms with Crippen molar-refractivity contribution in [3.8, 4) is 5.75 Å². The van der Waals surface area contributed by atoms with Gasteiger partial charge in [0.2, 0.25) is 15.9 Å². The van der Waals surface area contributed by atoms with E-state index in [1.165, 1.54) is 4.31 Å². The van der Waals surface area contributed by atoms with Gasteiger partial charge in [-0.05, 0) is 49.2 Å². The smallest absolute Gasteiger partial charge is 0.243 e. The third-order valence-electron chi connectivity index (χ3n) is 6.19. The van der Waals surface area contributed by atoms with Gasteiger partial charge in [-0.25, -0.2) is 8.42 Å². The molecule has 0 radical (unpaired) electrons. The molecule has 1 N–H and O–H groups in total. The Bertz CT molecular complexity index is 1020. The fourth-order valence-electron chi connectivity index (χ4n) is 4.14. The molecule has 1 unspecified atom stereocenters. The van der Waals surface area contributed by atoms with Crippen LogP contribution in [0, 0.1) is 5.92 Å². The minimum Gasteiger partial charge on any atom is -0.495 e. The third-order valence-corrected chi connectivity index (χ3v) is 8.11. The van der Waals surface area contributed by atoms with E-state index in [4.69, 9.17) is 4.74 Å². The van der Waals surface area contributed by atoms with Gasteiger partial charge in [0.15, 0.2) is 0 Å². The Morgan fingerprint density at radius 1 is 1.03 bits per heavy atom. The molecule has 1 saturated heterocycles. The van der Waals surface area contributed by atoms with Crippen LogP contribution in [0.1, 0.15) is 39.5 Å². The summed E-state index contributed by atoms with van der Waals surface area (Å²) in [6.45, 7) is 6.10. The molecule has 33 heavy (non-hydrogen) atoms. The van der Waals surface area contributed by atoms with E-state index in [9.17, 15) is 13.2 Å². The van der Waals surface area contributed by atoms with Gasteiger partial charge in [0.1, 0.15) is 5.75 Å². The lowest BCUT2D eigenvalue weighted by Crippen LogP contribution is -2.48. The highest BCUT2D eigenvalue weighted by Crippen LogP contribution is 2.29. The molecule has 0 aliphatic carbocycles. The van der Waals surface area contributed by atoms with Crippen LogP contribution in [0.3, 0.4) is 0 Å². The number of unbranched alkanes of at least 4 members (excludes halogenated alkanes) is 1. The van der Waals surface area contributed by atoms with Gasteiger partial charge in [-0.3, -0.25) is 4.79 Å². The summed E-state index contributed by atoms with van der Waals surface area (Å²) in [5, 5.41) is 2.93. The number of sulfonamides is 1. The number of carbonyl (C=O) groups is 1. The van der Waals surface area contributed by atoms with E-state index in [0.29, 0.717) is 31.9 Å². The molecule has 1 atom stereocenters. The van der Waals surface area contributed by atoms with Gasteiger partial charge >= 0.3 is 0 Å². The minimum atomic E-state index is -3.60. The Labute approximate surface area is 197 Å². The van der Waals surface area contributed by atoms with Gasteiger partial charge in [-0.15, -0.1) is 0 Å². The normalized spacial score (nSPS) is 15.8. The average molecular weight is 474 g/mol. The van der Waals surface area contributed by atoms with Crippen LogP contribution in [0.4, 0.5) is 11.4 Å². The number of anilines is 2. The van der Waals surface area contributed by atoms with Crippen molar-refractivity contribution in [2.45, 2.75) is 44.4 Å². The van der Waals surface area contributed by atoms with Crippen LogP contribution < -0.4 is 15.0 Å². The largest absolute Gasteiger partial charge is 0.495 e. The number of ether oxygens (including phenoxy) is 1. The molecule has 7 nitrogen and oxygen atoms in total. The van der Waals surface area contributed by atoms with Crippen LogP contribution in [0.2, 0.25) is 0 Å². The van der Waals surface area contributed by atoms with Crippen molar-refractivity contribution in [1.82, 2.24) is 4.31 Å². The number of hydrogen-bond acceptors (Lipinski definition) is 5. The second-order valence-electron chi connectivity index (χ2n) is 8.32. The van der Waals surface area contributed by atoms with E-state index in [2.05, 4.69) is 17.1 Å². The summed E-state index contributed by atoms with van der Waals surface area (Å²) in [7, 11) is -1.96. The van der Waals surface area contributed by atoms with E-state index < -0.39 is 10.0 Å². The van der Waals surface area contributed by atoms with Crippen molar-refractivity contribution in [2.75, 3.05) is 43.5 Å². The van der Waals surface area contributed by atoms with Gasteiger partial charge in [0, 0.05) is 37.8 Å². The van der Waals surface area contributed by atoms with Gasteiger partial charge in [-0.1, -0.05) is 38.8 Å². The van der Waals surface area contributed by atoms with Crippen LogP contribution in [0.5, 0.6) is 5.75 Å². The number of carbonyl (C=O) groups excluding carboxylic acids is 1. The first-order valence-electron chi connectivity index (χ1n) is 11.7. The van der Waals surface area contributed by atoms with Gasteiger partial charge in [0.05, 0.1) is 17.7 Å². The lowest BCUT2D eigenvalue weighted by molar-refractivity contribution is -0.120. The number of nitrogens with one attached hydrogen (secondary N) is 1. The predicted molar refractivity (Wildman–Crippen MR) is 132 cm³/mol. The van der Waals surface area contributed by atoms with Crippen molar-refractivity contribution in [3.63, 3.8) is 0 Å². The van der Waals surface area contributed by atoms with Crippen molar-refractivity contribution in [2.24, 2.45) is 5.92 Å². The number of para-hydroxylation sites is 2. The molecule has 180 valence electrons. The van der Waals surface area contributed by atoms with Crippen LogP contribution in [-0.4, -0.2) is 51.9 Å². The Hall–Kier alpha value is -2.58. The number of hydrogen-bond donors (Lipinski definition) is 1. The predicted octanol–water partition coefficient (Wildman–Crippen LogP) is 4.36. The fraction of sp³-hybridized carbons (Fsp3) is 0.480. The summed E-state index contributed by atoms with van der Waals surface area (Å²) in [5.74, 6) is 0.758. The molecular formula is C25H35N3O4S. The van der Waals surface area contributed by atoms with E-state index >= 15 is 0 Å². The number of benzene rings is 2. The average Bonchev–Trinajstić information content (AvgIpc) is 2.85. The van der Waals surface area contributed by atoms with Crippen LogP contribution in [0.15, 0.2) is 53.4 Å². The maximum Gasteiger partial charge on any atom is 0.243 e. The molecule has 1 aliphatic heterocycles. The quantitative estimate of drug-likeness (QED) is 0.555. The molecule has 1 amide bonds. The molecule has 0 spiro atoms. The lowest BCUT2D eigenvalue weighted by atomic mass is 9.98. The second-order valence-corrected chi connectivity index (χ2v) is 10.3. The highest BCUT2D eigenvalue weighted by molar-refractivity contribution is 7.89. The zero-order valence-electron chi connectivity index (χ0n) is 19.8. The van der Waals surface area contributed by atoms with E-state index in [-0.39, 0.29) is 16.7 Å². The first-order chi connectivity index (χ1) is 15.9. The number of methoxy groups -OCH3 is 1. The van der Waals surface area contributed by atoms with Crippen LogP contribution in [0.25, 0.3) is 0 Å². The van der Waals surface area contributed by atoms with Gasteiger partial charge < -0.3 is 15.0 Å². The fourth-order valence-corrected chi connectivity index (χ4v) is 5.56. The molecule has 0 aromatic heterocycles. The summed E-state index contributed by atoms with van der Waals surface area (Å²) in [5.41, 5.74) is 1.59. The summed E-state index contributed by atoms with van der Waals surface area (Å²) in [6.07, 6.45) is 3.74. The summed E-state index contributed by atoms with van der Waals surface area (Å²) < 4.78 is 33.3. The molecule has 0 bridgehead atoms. The molecule has 8 heteroatoms. The molecule has 0 saturated carbocycles. The summed E-state index contributed by atoms with van der Waals surface area (Å²) in [6, 6.07) is 14.3. The first-order valence-corrected chi connectivity index (χ1v) is 13.1. The van der Waals surface area contributed by atoms with Gasteiger partial charge in [0.25, 0.3) is 0 Å². The monoisotopic (exact) mass is 473 g/mol. The van der Waals surface area contributed by atoms with E-state index in [0.717, 1.165) is 37.1 Å². The zero-order valence-corrected chi connectivity index (χ0v) is 20.6. The molecule has 1 heterocycles. The van der Waals surface area contributed by atoms with E-state index in [1.54, 1.807) is 31.4 Å². The molecule has 3 rings (SSSR count). The standard InChI is InChI=1S/C25H35N3O4S/c1-4-6-9-20(5-2)25(29)26-21-12-14-22(15-13-21)33(30,31)28-18-16-27(17-19-28)23-10-7-8-11-24(23)32-3/h7-8,10-15,20H,4-6,9,16-19H2,1-3H3,(H,26,29). The number of rotatable bonds is 10. The van der Waals surface area contributed by atoms with E-state index in [1.807, 2.05) is 31.2 Å². The minimum absolute atomic E-state index is 0.00554. The number of piperazine rings is 1. The van der Waals surface area contributed by atoms with Crippen LogP contribution in [-0.2, 0) is 14.8 Å². The number of amides is 1. The Kier molecular flexibility index (Phi) is 8.74. The van der Waals surface area contributed by atoms with Crippen molar-refractivity contribution in [1.29, 1.82) is 0 Å². The maximum atomic E-state index is 13.2. The number of nitrogens with zero attached hydrogens (tertiary/aromatic N) is 2. The van der Waals surface area contributed by atoms with Crippen molar-refractivity contribution < 1.29 is 17.9 Å². The maximum absolute atomic E-state index is 13.2. The molecule has 2 aromatic rings. The molecule has 1 aliphatic rings. The highest BCUT2D eigenvalue weighted by Gasteiger charge is 2.29. The Balaban J connectivity index is 1.62. The molecular weight excluding hydrogens is 438 g/mol. The topological polar surface area (TPSA) is 79.0 Å². The highest BCUT2D eigenvalue weighted by atomic mass is 32.2. The SMILES string of the molecule is CCCCC(CC)C(=O)Nc1ccc(S(=O)(=O)N2CCN(c3ccccc3OC)CC2)cc1. The molecule has 1 fully saturated rings. The third kappa shape index (κ3) is 6.06. The van der Waals surface area contributed by atoms with Gasteiger partial charge in [-0.2, -0.15) is 4.31 Å². The first kappa shape index (κ1) is 25.1. The van der Waals surface area contributed by atoms with Crippen molar-refractivity contribution >= 4 is 27.3 Å². The lowest BCUT2D eigenvalue weighted by Gasteiger charge is -2.35. The van der Waals surface area contributed by atoms with Crippen molar-refractivity contribution in [3.05, 3.63) is 48.5 Å². The Morgan fingerprint density at radius 2 is 1.70 bits per heavy atom. The summed E-state index contributed by atoms with van der Waals surface area (Å²) in [4.78, 5) is 14.9. The zero-order chi connectivity index (χ0) is 23.8. The summed E-state index contributed by atoms with van der Waals surface area (Å²) >= 11 is 0.